The van der Waals surface area contributed by atoms with Crippen LogP contribution in [-0.2, 0) is 72.5 Å². The second kappa shape index (κ2) is 33.1. The number of hydrogen-bond acceptors (Lipinski definition) is 14. The highest BCUT2D eigenvalue weighted by Crippen LogP contribution is 2.58. The van der Waals surface area contributed by atoms with Crippen molar-refractivity contribution < 1.29 is 72.8 Å². The summed E-state index contributed by atoms with van der Waals surface area (Å²) in [4.78, 5) is 77.0. The Bertz CT molecular complexity index is 4410. The third-order valence-corrected chi connectivity index (χ3v) is 19.8. The van der Waals surface area contributed by atoms with Gasteiger partial charge >= 0.3 is 5.97 Å². The van der Waals surface area contributed by atoms with Gasteiger partial charge in [0, 0.05) is 23.1 Å². The summed E-state index contributed by atoms with van der Waals surface area (Å²) < 4.78 is 36.0. The van der Waals surface area contributed by atoms with Gasteiger partial charge in [0.25, 0.3) is 0 Å². The Hall–Kier alpha value is -10.2. The molecule has 528 valence electrons. The molecule has 9 aromatic carbocycles. The van der Waals surface area contributed by atoms with Crippen LogP contribution in [0.5, 0.6) is 23.0 Å². The van der Waals surface area contributed by atoms with Crippen LogP contribution < -0.4 is 36.0 Å². The first kappa shape index (κ1) is 73.0. The molecule has 13 rings (SSSR count). The zero-order valence-corrected chi connectivity index (χ0v) is 57.4. The molecule has 4 aliphatic rings. The van der Waals surface area contributed by atoms with Gasteiger partial charge in [-0.2, -0.15) is 0 Å². The van der Waals surface area contributed by atoms with Crippen molar-refractivity contribution in [3.63, 3.8) is 0 Å². The van der Waals surface area contributed by atoms with Crippen molar-refractivity contribution in [1.82, 2.24) is 26.7 Å². The molecule has 8 N–H and O–H groups in total. The van der Waals surface area contributed by atoms with Crippen molar-refractivity contribution in [2.24, 2.45) is 34.0 Å². The number of amides is 5. The Balaban J connectivity index is 0.000000157. The van der Waals surface area contributed by atoms with Crippen molar-refractivity contribution in [1.29, 1.82) is 0 Å². The van der Waals surface area contributed by atoms with Gasteiger partial charge in [-0.05, 0) is 192 Å². The van der Waals surface area contributed by atoms with Crippen LogP contribution in [0.4, 0.5) is 4.39 Å². The third kappa shape index (κ3) is 17.6. The van der Waals surface area contributed by atoms with Crippen molar-refractivity contribution >= 4 is 69.5 Å². The maximum atomic E-state index is 13.6. The molecule has 0 aromatic heterocycles. The highest BCUT2D eigenvalue weighted by molar-refractivity contribution is 6.34. The molecule has 0 radical (unpaired) electrons. The maximum absolute atomic E-state index is 13.6. The second-order valence-corrected chi connectivity index (χ2v) is 27.0. The molecule has 0 unspecified atom stereocenters. The minimum absolute atomic E-state index is 0.0890. The number of likely N-dealkylation sites (tertiary alicyclic amines) is 1. The smallest absolute Gasteiger partial charge is 0.313 e. The lowest BCUT2D eigenvalue weighted by Gasteiger charge is -2.28. The molecule has 22 heteroatoms. The Morgan fingerprint density at radius 1 is 0.529 bits per heavy atom. The normalized spacial score (nSPS) is 20.4. The number of benzene rings is 9. The molecule has 0 spiro atoms. The SMILES string of the molecule is CCOC(=O)[C@@]1(Cc2ccc(Oc3cc(Cl)cc(Cl)c3)cc2)C[C@@H]1C(=O)NO.O=C(NO)[C@H]1C[C@]1(Cc1ccc(OCc2cc(-c3ccccc3)cc3ccccc23)cc1)C(=O)N1CCC[C@H]1CO.O=C(NO)[C@H]1C[C@]1(Cc1ccc(OCc2ccccc2)cc1)C(=O)NCc1ccc(F)cc1. The van der Waals surface area contributed by atoms with E-state index in [1.54, 1.807) is 70.7 Å². The number of hydroxylamine groups is 3. The number of ether oxygens (including phenoxy) is 4. The number of nitrogens with zero attached hydrogens (tertiary/aromatic N) is 1. The van der Waals surface area contributed by atoms with Crippen LogP contribution in [0.15, 0.2) is 212 Å². The Morgan fingerprint density at radius 2 is 1.03 bits per heavy atom. The van der Waals surface area contributed by atoms with E-state index in [0.717, 1.165) is 68.1 Å². The number of aliphatic hydroxyl groups excluding tert-OH is 1. The minimum atomic E-state index is -0.953. The van der Waals surface area contributed by atoms with Crippen LogP contribution in [0.1, 0.15) is 72.4 Å². The number of aliphatic hydroxyl groups is 1. The van der Waals surface area contributed by atoms with E-state index in [2.05, 4.69) is 41.7 Å². The average Bonchev–Trinajstić information content (AvgIpc) is 1.58. The Labute approximate surface area is 599 Å². The zero-order valence-electron chi connectivity index (χ0n) is 55.9. The highest BCUT2D eigenvalue weighted by Gasteiger charge is 2.66. The topological polar surface area (TPSA) is 272 Å². The molecule has 102 heavy (non-hydrogen) atoms. The van der Waals surface area contributed by atoms with Crippen molar-refractivity contribution in [2.75, 3.05) is 19.8 Å². The van der Waals surface area contributed by atoms with Gasteiger partial charge in [0.05, 0.1) is 53.3 Å². The predicted molar refractivity (Wildman–Crippen MR) is 380 cm³/mol. The molecule has 1 aliphatic heterocycles. The number of hydrogen-bond donors (Lipinski definition) is 8. The number of carbonyl (C=O) groups excluding carboxylic acids is 6. The summed E-state index contributed by atoms with van der Waals surface area (Å²) in [7, 11) is 0. The summed E-state index contributed by atoms with van der Waals surface area (Å²) in [6.07, 6.45) is 3.67. The van der Waals surface area contributed by atoms with Crippen LogP contribution >= 0.6 is 23.2 Å². The number of esters is 1. The molecule has 5 amide bonds. The number of fused-ring (bicyclic) bond motifs is 1. The first-order chi connectivity index (χ1) is 49.4. The zero-order chi connectivity index (χ0) is 72.0. The largest absolute Gasteiger partial charge is 0.489 e. The van der Waals surface area contributed by atoms with Crippen LogP contribution in [-0.4, -0.2) is 86.9 Å². The number of rotatable bonds is 25. The second-order valence-electron chi connectivity index (χ2n) is 26.1. The van der Waals surface area contributed by atoms with E-state index in [9.17, 15) is 43.5 Å². The Kier molecular flexibility index (Phi) is 23.7. The molecule has 7 atom stereocenters. The fourth-order valence-corrected chi connectivity index (χ4v) is 14.1. The summed E-state index contributed by atoms with van der Waals surface area (Å²) in [6.45, 7) is 3.50. The molecule has 3 aliphatic carbocycles. The van der Waals surface area contributed by atoms with Crippen LogP contribution in [0.3, 0.4) is 0 Å². The number of nitrogens with one attached hydrogen (secondary N) is 4. The summed E-state index contributed by atoms with van der Waals surface area (Å²) in [5.74, 6) is -2.19. The molecular formula is C80H78Cl2FN5O14. The van der Waals surface area contributed by atoms with E-state index in [-0.39, 0.29) is 43.4 Å². The summed E-state index contributed by atoms with van der Waals surface area (Å²) in [5, 5.41) is 43.0. The van der Waals surface area contributed by atoms with Gasteiger partial charge in [0.2, 0.25) is 29.5 Å². The Morgan fingerprint density at radius 3 is 1.62 bits per heavy atom. The van der Waals surface area contributed by atoms with E-state index < -0.39 is 57.7 Å². The van der Waals surface area contributed by atoms with E-state index in [1.807, 2.05) is 121 Å². The molecule has 3 saturated carbocycles. The molecule has 1 saturated heterocycles. The fraction of sp³-hybridized carbons (Fsp3) is 0.275. The van der Waals surface area contributed by atoms with Crippen molar-refractivity contribution in [3.8, 4) is 34.1 Å². The minimum Gasteiger partial charge on any atom is -0.489 e. The van der Waals surface area contributed by atoms with Crippen molar-refractivity contribution in [2.45, 2.75) is 84.1 Å². The summed E-state index contributed by atoms with van der Waals surface area (Å²) in [5.41, 5.74) is 10.0. The maximum Gasteiger partial charge on any atom is 0.313 e. The lowest BCUT2D eigenvalue weighted by molar-refractivity contribution is -0.152. The van der Waals surface area contributed by atoms with Crippen LogP contribution in [0.25, 0.3) is 21.9 Å². The quantitative estimate of drug-likeness (QED) is 0.0150. The number of carbonyl (C=O) groups is 6. The average molecular weight is 1420 g/mol. The van der Waals surface area contributed by atoms with Gasteiger partial charge < -0.3 is 34.3 Å². The van der Waals surface area contributed by atoms with Gasteiger partial charge in [-0.3, -0.25) is 44.4 Å². The third-order valence-electron chi connectivity index (χ3n) is 19.4. The summed E-state index contributed by atoms with van der Waals surface area (Å²) in [6, 6.07) is 65.6. The molecule has 4 fully saturated rings. The molecule has 19 nitrogen and oxygen atoms in total. The first-order valence-corrected chi connectivity index (χ1v) is 34.4. The highest BCUT2D eigenvalue weighted by atomic mass is 35.5. The van der Waals surface area contributed by atoms with E-state index in [4.69, 9.17) is 52.6 Å². The molecule has 1 heterocycles. The van der Waals surface area contributed by atoms with E-state index in [0.29, 0.717) is 91.3 Å². The standard InChI is InChI=1S/C34H34N2O5.C26H25FN2O4.C20H19Cl2NO5/c37-21-28-10-6-16-36(28)33(39)34(20-31(34)32(38)35-40)19-23-12-14-29(15-13-23)41-22-27-18-26(24-7-2-1-3-8-24)17-25-9-4-5-11-30(25)27;27-21-10-6-19(7-11-21)16-28-25(31)26(15-23(26)24(30)29-32)14-18-8-12-22(13-9-18)33-17-20-4-2-1-3-5-20;1-2-27-19(25)20(11-17(20)18(24)23-26)10-12-3-5-15(6-4-12)28-16-8-13(21)7-14(22)9-16/h1-5,7-9,11-15,17-18,28,31,37,40H,6,10,16,19-22H2,(H,35,38);1-13,23,32H,14-17H2,(H,28,31)(H,29,30);3-9,17,26H,2,10-11H2,1H3,(H,23,24)/t28-,31+,34-;23-,26+;17-,20+/m011/s1. The molecule has 0 bridgehead atoms. The lowest BCUT2D eigenvalue weighted by Crippen LogP contribution is -2.44. The van der Waals surface area contributed by atoms with E-state index >= 15 is 0 Å². The molecular weight excluding hydrogens is 1340 g/mol. The molecule has 9 aromatic rings. The van der Waals surface area contributed by atoms with Gasteiger partial charge in [0.1, 0.15) is 42.0 Å². The summed E-state index contributed by atoms with van der Waals surface area (Å²) >= 11 is 11.9. The first-order valence-electron chi connectivity index (χ1n) is 33.6. The van der Waals surface area contributed by atoms with Gasteiger partial charge in [-0.15, -0.1) is 0 Å². The van der Waals surface area contributed by atoms with Crippen molar-refractivity contribution in [3.05, 3.63) is 262 Å². The number of halogens is 3. The van der Waals surface area contributed by atoms with E-state index in [1.165, 1.54) is 12.1 Å². The van der Waals surface area contributed by atoms with Gasteiger partial charge in [-0.25, -0.2) is 20.8 Å². The monoisotopic (exact) mass is 1420 g/mol. The lowest BCUT2D eigenvalue weighted by atomic mass is 9.91. The van der Waals surface area contributed by atoms with Crippen LogP contribution in [0.2, 0.25) is 10.0 Å². The predicted octanol–water partition coefficient (Wildman–Crippen LogP) is 13.3. The van der Waals surface area contributed by atoms with Crippen LogP contribution in [0, 0.1) is 39.8 Å². The van der Waals surface area contributed by atoms with Gasteiger partial charge in [-0.1, -0.05) is 157 Å². The fourth-order valence-electron chi connectivity index (χ4n) is 13.6. The van der Waals surface area contributed by atoms with Gasteiger partial charge in [0.15, 0.2) is 0 Å².